The number of carbonyl (C=O) groups is 1. The van der Waals surface area contributed by atoms with Crippen LogP contribution in [-0.2, 0) is 11.3 Å². The first kappa shape index (κ1) is 18.4. The highest BCUT2D eigenvalue weighted by Crippen LogP contribution is 2.21. The number of nitro groups is 1. The lowest BCUT2D eigenvalue weighted by molar-refractivity contribution is -0.386. The van der Waals surface area contributed by atoms with Crippen molar-refractivity contribution in [3.8, 4) is 5.75 Å². The number of hydrogen-bond donors (Lipinski definition) is 0. The zero-order valence-corrected chi connectivity index (χ0v) is 14.9. The summed E-state index contributed by atoms with van der Waals surface area (Å²) < 4.78 is 7.00. The second-order valence-corrected chi connectivity index (χ2v) is 5.91. The molecule has 1 heterocycles. The molecule has 0 unspecified atom stereocenters. The van der Waals surface area contributed by atoms with E-state index in [2.05, 4.69) is 5.10 Å². The van der Waals surface area contributed by atoms with Gasteiger partial charge in [-0.1, -0.05) is 12.1 Å². The number of ether oxygens (including phenoxy) is 1. The summed E-state index contributed by atoms with van der Waals surface area (Å²) in [6.07, 6.45) is 0. The van der Waals surface area contributed by atoms with Gasteiger partial charge in [-0.25, -0.2) is 0 Å². The van der Waals surface area contributed by atoms with Crippen LogP contribution in [0.1, 0.15) is 17.0 Å². The molecule has 0 aliphatic heterocycles. The Morgan fingerprint density at radius 3 is 2.68 bits per heavy atom. The second kappa shape index (κ2) is 7.78. The molecule has 0 atom stereocenters. The summed E-state index contributed by atoms with van der Waals surface area (Å²) in [6, 6.07) is 7.69. The molecule has 0 aliphatic carbocycles. The van der Waals surface area contributed by atoms with Crippen molar-refractivity contribution >= 4 is 11.6 Å². The summed E-state index contributed by atoms with van der Waals surface area (Å²) in [6.45, 7) is 5.87. The van der Waals surface area contributed by atoms with Crippen LogP contribution in [0.5, 0.6) is 5.75 Å². The topological polar surface area (TPSA) is 90.5 Å². The number of hydrogen-bond acceptors (Lipinski definition) is 5. The van der Waals surface area contributed by atoms with Crippen LogP contribution < -0.4 is 4.74 Å². The van der Waals surface area contributed by atoms with Crippen LogP contribution in [0.25, 0.3) is 0 Å². The molecule has 0 saturated heterocycles. The average Bonchev–Trinajstić information content (AvgIpc) is 2.81. The van der Waals surface area contributed by atoms with Gasteiger partial charge in [0.2, 0.25) is 5.91 Å². The fourth-order valence-corrected chi connectivity index (χ4v) is 2.48. The summed E-state index contributed by atoms with van der Waals surface area (Å²) in [5.74, 6) is 0.573. The Morgan fingerprint density at radius 2 is 2.08 bits per heavy atom. The van der Waals surface area contributed by atoms with Crippen LogP contribution >= 0.6 is 0 Å². The number of aromatic nitrogens is 2. The molecule has 2 aromatic rings. The van der Waals surface area contributed by atoms with Crippen LogP contribution in [-0.4, -0.2) is 45.7 Å². The van der Waals surface area contributed by atoms with E-state index in [0.29, 0.717) is 24.5 Å². The van der Waals surface area contributed by atoms with Gasteiger partial charge in [0.25, 0.3) is 0 Å². The first-order valence-electron chi connectivity index (χ1n) is 7.91. The van der Waals surface area contributed by atoms with Crippen LogP contribution in [0.3, 0.4) is 0 Å². The molecule has 0 N–H and O–H groups in total. The molecule has 0 radical (unpaired) electrons. The quantitative estimate of drug-likeness (QED) is 0.566. The zero-order chi connectivity index (χ0) is 18.6. The minimum atomic E-state index is -0.474. The fraction of sp³-hybridized carbons (Fsp3) is 0.412. The molecule has 134 valence electrons. The van der Waals surface area contributed by atoms with E-state index in [4.69, 9.17) is 4.74 Å². The van der Waals surface area contributed by atoms with Gasteiger partial charge in [0.1, 0.15) is 30.3 Å². The van der Waals surface area contributed by atoms with Gasteiger partial charge in [0, 0.05) is 7.05 Å². The Morgan fingerprint density at radius 1 is 1.36 bits per heavy atom. The largest absolute Gasteiger partial charge is 0.492 e. The van der Waals surface area contributed by atoms with Crippen LogP contribution in [0.15, 0.2) is 24.3 Å². The lowest BCUT2D eigenvalue weighted by Gasteiger charge is -2.18. The predicted octanol–water partition coefficient (Wildman–Crippen LogP) is 2.25. The van der Waals surface area contributed by atoms with E-state index < -0.39 is 4.92 Å². The number of rotatable bonds is 7. The van der Waals surface area contributed by atoms with E-state index in [1.165, 1.54) is 9.58 Å². The van der Waals surface area contributed by atoms with Crippen LogP contribution in [0, 0.1) is 30.9 Å². The highest BCUT2D eigenvalue weighted by Gasteiger charge is 2.23. The molecule has 0 bridgehead atoms. The van der Waals surface area contributed by atoms with Crippen molar-refractivity contribution in [2.24, 2.45) is 0 Å². The van der Waals surface area contributed by atoms with Gasteiger partial charge in [-0.05, 0) is 38.5 Å². The van der Waals surface area contributed by atoms with Crippen molar-refractivity contribution in [2.75, 3.05) is 20.2 Å². The molecule has 1 aromatic heterocycles. The summed E-state index contributed by atoms with van der Waals surface area (Å²) >= 11 is 0. The Balaban J connectivity index is 1.90. The molecule has 1 aromatic carbocycles. The SMILES string of the molecule is Cc1cccc(OCCN(C)C(=O)Cn2nc(C)c([N+](=O)[O-])c2C)c1. The van der Waals surface area contributed by atoms with E-state index in [0.717, 1.165) is 11.3 Å². The molecule has 8 nitrogen and oxygen atoms in total. The van der Waals surface area contributed by atoms with Crippen LogP contribution in [0.2, 0.25) is 0 Å². The maximum absolute atomic E-state index is 12.3. The van der Waals surface area contributed by atoms with E-state index in [9.17, 15) is 14.9 Å². The molecule has 0 fully saturated rings. The number of benzene rings is 1. The van der Waals surface area contributed by atoms with Gasteiger partial charge in [0.05, 0.1) is 11.5 Å². The average molecular weight is 346 g/mol. The standard InChI is InChI=1S/C17H22N4O4/c1-12-6-5-7-15(10-12)25-9-8-19(4)16(22)11-20-14(3)17(21(23)24)13(2)18-20/h5-7,10H,8-9,11H2,1-4H3. The Labute approximate surface area is 146 Å². The number of aryl methyl sites for hydroxylation is 2. The van der Waals surface area contributed by atoms with Crippen molar-refractivity contribution in [3.63, 3.8) is 0 Å². The normalized spacial score (nSPS) is 10.6. The molecule has 8 heteroatoms. The van der Waals surface area contributed by atoms with Crippen molar-refractivity contribution in [2.45, 2.75) is 27.3 Å². The molecule has 1 amide bonds. The summed E-state index contributed by atoms with van der Waals surface area (Å²) in [7, 11) is 1.67. The molecule has 0 spiro atoms. The third kappa shape index (κ3) is 4.56. The van der Waals surface area contributed by atoms with Gasteiger partial charge in [-0.2, -0.15) is 5.10 Å². The van der Waals surface area contributed by atoms with E-state index in [1.807, 2.05) is 31.2 Å². The van der Waals surface area contributed by atoms with Gasteiger partial charge >= 0.3 is 5.69 Å². The van der Waals surface area contributed by atoms with Gasteiger partial charge in [-0.3, -0.25) is 19.6 Å². The summed E-state index contributed by atoms with van der Waals surface area (Å²) in [5, 5.41) is 15.1. The lowest BCUT2D eigenvalue weighted by Crippen LogP contribution is -2.34. The smallest absolute Gasteiger partial charge is 0.312 e. The summed E-state index contributed by atoms with van der Waals surface area (Å²) in [5.41, 5.74) is 1.74. The highest BCUT2D eigenvalue weighted by atomic mass is 16.6. The number of nitrogens with zero attached hydrogens (tertiary/aromatic N) is 4. The zero-order valence-electron chi connectivity index (χ0n) is 14.9. The van der Waals surface area contributed by atoms with Crippen molar-refractivity contribution in [1.82, 2.24) is 14.7 Å². The first-order valence-corrected chi connectivity index (χ1v) is 7.91. The van der Waals surface area contributed by atoms with E-state index >= 15 is 0 Å². The van der Waals surface area contributed by atoms with Gasteiger partial charge in [-0.15, -0.1) is 0 Å². The van der Waals surface area contributed by atoms with E-state index in [-0.39, 0.29) is 18.1 Å². The summed E-state index contributed by atoms with van der Waals surface area (Å²) in [4.78, 5) is 24.4. The molecule has 2 rings (SSSR count). The van der Waals surface area contributed by atoms with Crippen molar-refractivity contribution < 1.29 is 14.5 Å². The lowest BCUT2D eigenvalue weighted by atomic mass is 10.2. The monoisotopic (exact) mass is 346 g/mol. The van der Waals surface area contributed by atoms with Gasteiger partial charge < -0.3 is 9.64 Å². The third-order valence-corrected chi connectivity index (χ3v) is 3.92. The number of carbonyl (C=O) groups excluding carboxylic acids is 1. The highest BCUT2D eigenvalue weighted by molar-refractivity contribution is 5.75. The Bertz CT molecular complexity index is 785. The molecular weight excluding hydrogens is 324 g/mol. The Hall–Kier alpha value is -2.90. The Kier molecular flexibility index (Phi) is 5.74. The number of likely N-dealkylation sites (N-methyl/N-ethyl adjacent to an activating group) is 1. The van der Waals surface area contributed by atoms with Crippen molar-refractivity contribution in [3.05, 3.63) is 51.3 Å². The molecular formula is C17H22N4O4. The van der Waals surface area contributed by atoms with Gasteiger partial charge in [0.15, 0.2) is 0 Å². The molecule has 0 aliphatic rings. The van der Waals surface area contributed by atoms with Crippen LogP contribution in [0.4, 0.5) is 5.69 Å². The second-order valence-electron chi connectivity index (χ2n) is 5.91. The van der Waals surface area contributed by atoms with Crippen molar-refractivity contribution in [1.29, 1.82) is 0 Å². The maximum atomic E-state index is 12.3. The minimum Gasteiger partial charge on any atom is -0.492 e. The predicted molar refractivity (Wildman–Crippen MR) is 92.7 cm³/mol. The molecule has 0 saturated carbocycles. The maximum Gasteiger partial charge on any atom is 0.312 e. The fourth-order valence-electron chi connectivity index (χ4n) is 2.48. The van der Waals surface area contributed by atoms with E-state index in [1.54, 1.807) is 20.9 Å². The first-order chi connectivity index (χ1) is 11.8. The minimum absolute atomic E-state index is 0.0402. The molecule has 25 heavy (non-hydrogen) atoms. The third-order valence-electron chi connectivity index (χ3n) is 3.92. The number of amides is 1.